The summed E-state index contributed by atoms with van der Waals surface area (Å²) in [6.45, 7) is 4.92. The minimum absolute atomic E-state index is 0.151. The maximum Gasteiger partial charge on any atom is 0.233 e. The van der Waals surface area contributed by atoms with Gasteiger partial charge in [-0.05, 0) is 38.2 Å². The Labute approximate surface area is 201 Å². The molecule has 33 heavy (non-hydrogen) atoms. The molecular formula is C24H26N6OS2. The van der Waals surface area contributed by atoms with Gasteiger partial charge in [0.05, 0.1) is 12.3 Å². The van der Waals surface area contributed by atoms with Crippen LogP contribution in [0.4, 0.5) is 0 Å². The predicted molar refractivity (Wildman–Crippen MR) is 132 cm³/mol. The van der Waals surface area contributed by atoms with Crippen LogP contribution in [-0.4, -0.2) is 67.8 Å². The third-order valence-electron chi connectivity index (χ3n) is 5.97. The van der Waals surface area contributed by atoms with Crippen LogP contribution in [0, 0.1) is 0 Å². The molecule has 1 amide bonds. The van der Waals surface area contributed by atoms with E-state index in [-0.39, 0.29) is 5.91 Å². The first-order valence-electron chi connectivity index (χ1n) is 11.1. The van der Waals surface area contributed by atoms with Crippen molar-refractivity contribution in [3.05, 3.63) is 70.4 Å². The van der Waals surface area contributed by atoms with E-state index in [1.54, 1.807) is 16.0 Å². The highest BCUT2D eigenvalue weighted by atomic mass is 32.2. The number of benzene rings is 2. The molecule has 0 aliphatic carbocycles. The van der Waals surface area contributed by atoms with Gasteiger partial charge in [-0.15, -0.1) is 16.4 Å². The van der Waals surface area contributed by atoms with Crippen LogP contribution >= 0.6 is 23.1 Å². The highest BCUT2D eigenvalue weighted by molar-refractivity contribution is 7.99. The molecule has 0 saturated carbocycles. The molecule has 1 fully saturated rings. The lowest BCUT2D eigenvalue weighted by Crippen LogP contribution is -2.48. The molecule has 0 bridgehead atoms. The average molecular weight is 479 g/mol. The third-order valence-corrected chi connectivity index (χ3v) is 7.85. The zero-order valence-corrected chi connectivity index (χ0v) is 20.0. The van der Waals surface area contributed by atoms with Crippen molar-refractivity contribution in [1.29, 1.82) is 0 Å². The maximum atomic E-state index is 12.8. The first-order chi connectivity index (χ1) is 16.3. The summed E-state index contributed by atoms with van der Waals surface area (Å²) in [4.78, 5) is 18.5. The Kier molecular flexibility index (Phi) is 6.99. The van der Waals surface area contributed by atoms with Crippen molar-refractivity contribution in [1.82, 2.24) is 30.0 Å². The molecule has 1 saturated heterocycles. The lowest BCUT2D eigenvalue weighted by atomic mass is 10.0. The van der Waals surface area contributed by atoms with Gasteiger partial charge in [0.25, 0.3) is 0 Å². The van der Waals surface area contributed by atoms with Gasteiger partial charge in [0, 0.05) is 44.0 Å². The number of amides is 1. The molecule has 1 aliphatic heterocycles. The number of nitrogens with zero attached hydrogens (tertiary/aromatic N) is 6. The van der Waals surface area contributed by atoms with E-state index < -0.39 is 0 Å². The summed E-state index contributed by atoms with van der Waals surface area (Å²) in [5.74, 6) is 0.514. The van der Waals surface area contributed by atoms with E-state index in [1.165, 1.54) is 33.0 Å². The number of rotatable bonds is 8. The van der Waals surface area contributed by atoms with Gasteiger partial charge in [0.1, 0.15) is 0 Å². The lowest BCUT2D eigenvalue weighted by molar-refractivity contribution is -0.130. The molecular weight excluding hydrogens is 452 g/mol. The Balaban J connectivity index is 1.10. The highest BCUT2D eigenvalue weighted by Crippen LogP contribution is 2.21. The van der Waals surface area contributed by atoms with Gasteiger partial charge in [-0.2, -0.15) is 0 Å². The molecule has 5 rings (SSSR count). The minimum atomic E-state index is 0.151. The van der Waals surface area contributed by atoms with Crippen molar-refractivity contribution in [2.75, 3.05) is 31.9 Å². The van der Waals surface area contributed by atoms with Crippen LogP contribution in [0.5, 0.6) is 0 Å². The Morgan fingerprint density at radius 3 is 2.70 bits per heavy atom. The Hall–Kier alpha value is -2.75. The van der Waals surface area contributed by atoms with Gasteiger partial charge in [0.2, 0.25) is 11.1 Å². The normalized spacial score (nSPS) is 14.7. The Morgan fingerprint density at radius 1 is 1.00 bits per heavy atom. The third kappa shape index (κ3) is 5.43. The van der Waals surface area contributed by atoms with Gasteiger partial charge >= 0.3 is 0 Å². The molecule has 7 nitrogen and oxygen atoms in total. The van der Waals surface area contributed by atoms with Crippen LogP contribution in [-0.2, 0) is 24.3 Å². The van der Waals surface area contributed by atoms with E-state index in [0.717, 1.165) is 45.7 Å². The van der Waals surface area contributed by atoms with Gasteiger partial charge in [-0.25, -0.2) is 4.68 Å². The summed E-state index contributed by atoms with van der Waals surface area (Å²) >= 11 is 3.16. The predicted octanol–water partition coefficient (Wildman–Crippen LogP) is 3.57. The van der Waals surface area contributed by atoms with E-state index in [9.17, 15) is 4.79 Å². The molecule has 2 aromatic heterocycles. The molecule has 2 aromatic carbocycles. The van der Waals surface area contributed by atoms with Crippen molar-refractivity contribution >= 4 is 39.8 Å². The topological polar surface area (TPSA) is 67.2 Å². The van der Waals surface area contributed by atoms with E-state index in [4.69, 9.17) is 0 Å². The fraction of sp³-hybridized carbons (Fsp3) is 0.333. The Bertz CT molecular complexity index is 1200. The number of thioether (sulfide) groups is 1. The molecule has 3 heterocycles. The van der Waals surface area contributed by atoms with Crippen LogP contribution in [0.25, 0.3) is 10.8 Å². The molecule has 4 aromatic rings. The number of aromatic nitrogens is 4. The molecule has 0 spiro atoms. The number of tetrazole rings is 1. The van der Waals surface area contributed by atoms with Gasteiger partial charge in [-0.3, -0.25) is 9.69 Å². The fourth-order valence-corrected chi connectivity index (χ4v) is 5.66. The van der Waals surface area contributed by atoms with Gasteiger partial charge in [-0.1, -0.05) is 60.3 Å². The van der Waals surface area contributed by atoms with Crippen molar-refractivity contribution in [2.45, 2.75) is 24.7 Å². The second-order valence-electron chi connectivity index (χ2n) is 8.10. The van der Waals surface area contributed by atoms with Crippen molar-refractivity contribution in [3.8, 4) is 0 Å². The van der Waals surface area contributed by atoms with E-state index in [0.29, 0.717) is 10.9 Å². The van der Waals surface area contributed by atoms with Crippen LogP contribution < -0.4 is 0 Å². The number of hydrogen-bond donors (Lipinski definition) is 0. The van der Waals surface area contributed by atoms with Crippen LogP contribution in [0.3, 0.4) is 0 Å². The van der Waals surface area contributed by atoms with Crippen LogP contribution in [0.15, 0.2) is 65.1 Å². The highest BCUT2D eigenvalue weighted by Gasteiger charge is 2.22. The number of carbonyl (C=O) groups is 1. The molecule has 1 aliphatic rings. The average Bonchev–Trinajstić information content (AvgIpc) is 3.54. The molecule has 0 radical (unpaired) electrons. The molecule has 170 valence electrons. The summed E-state index contributed by atoms with van der Waals surface area (Å²) in [5, 5.41) is 17.4. The summed E-state index contributed by atoms with van der Waals surface area (Å²) in [6.07, 6.45) is 0.892. The number of piperazine rings is 1. The standard InChI is InChI=1S/C24H26N6OS2/c31-23(18-33-24-25-26-27-30(24)11-10-21-8-4-16-32-21)29-14-12-28(13-15-29)17-20-7-3-6-19-5-1-2-9-22(19)20/h1-9,16H,10-15,17-18H2. The van der Waals surface area contributed by atoms with Crippen molar-refractivity contribution in [2.24, 2.45) is 0 Å². The smallest absolute Gasteiger partial charge is 0.233 e. The second-order valence-corrected chi connectivity index (χ2v) is 10.1. The first-order valence-corrected chi connectivity index (χ1v) is 13.0. The van der Waals surface area contributed by atoms with E-state index in [1.807, 2.05) is 4.90 Å². The molecule has 0 atom stereocenters. The number of carbonyl (C=O) groups excluding carboxylic acids is 1. The van der Waals surface area contributed by atoms with E-state index in [2.05, 4.69) is 80.4 Å². The Morgan fingerprint density at radius 2 is 1.85 bits per heavy atom. The van der Waals surface area contributed by atoms with Crippen LogP contribution in [0.2, 0.25) is 0 Å². The number of fused-ring (bicyclic) bond motifs is 1. The minimum Gasteiger partial charge on any atom is -0.339 e. The summed E-state index contributed by atoms with van der Waals surface area (Å²) in [7, 11) is 0. The van der Waals surface area contributed by atoms with Gasteiger partial charge < -0.3 is 4.90 Å². The second kappa shape index (κ2) is 10.5. The zero-order chi connectivity index (χ0) is 22.5. The monoisotopic (exact) mass is 478 g/mol. The number of hydrogen-bond acceptors (Lipinski definition) is 7. The lowest BCUT2D eigenvalue weighted by Gasteiger charge is -2.35. The largest absolute Gasteiger partial charge is 0.339 e. The quantitative estimate of drug-likeness (QED) is 0.361. The zero-order valence-electron chi connectivity index (χ0n) is 18.3. The SMILES string of the molecule is O=C(CSc1nnnn1CCc1cccs1)N1CCN(Cc2cccc3ccccc23)CC1. The van der Waals surface area contributed by atoms with Gasteiger partial charge in [0.15, 0.2) is 0 Å². The fourth-order valence-electron chi connectivity index (χ4n) is 4.16. The summed E-state index contributed by atoms with van der Waals surface area (Å²) in [6, 6.07) is 19.2. The van der Waals surface area contributed by atoms with E-state index >= 15 is 0 Å². The molecule has 9 heteroatoms. The molecule has 0 N–H and O–H groups in total. The summed E-state index contributed by atoms with van der Waals surface area (Å²) < 4.78 is 1.79. The summed E-state index contributed by atoms with van der Waals surface area (Å²) in [5.41, 5.74) is 1.35. The molecule has 0 unspecified atom stereocenters. The number of aryl methyl sites for hydroxylation is 2. The number of thiophene rings is 1. The van der Waals surface area contributed by atoms with Crippen molar-refractivity contribution < 1.29 is 4.79 Å². The van der Waals surface area contributed by atoms with Crippen LogP contribution in [0.1, 0.15) is 10.4 Å². The van der Waals surface area contributed by atoms with Crippen molar-refractivity contribution in [3.63, 3.8) is 0 Å². The maximum absolute atomic E-state index is 12.8. The first kappa shape index (κ1) is 22.1.